The van der Waals surface area contributed by atoms with E-state index in [2.05, 4.69) is 29.0 Å². The van der Waals surface area contributed by atoms with E-state index in [1.165, 1.54) is 10.9 Å². The smallest absolute Gasteiger partial charge is 0.261 e. The number of benzene rings is 1. The first-order valence-electron chi connectivity index (χ1n) is 6.99. The first-order valence-corrected chi connectivity index (χ1v) is 7.37. The van der Waals surface area contributed by atoms with E-state index < -0.39 is 0 Å². The molecule has 3 aromatic rings. The molecule has 6 nitrogen and oxygen atoms in total. The molecule has 0 bridgehead atoms. The number of hydrogen-bond donors (Lipinski definition) is 0. The molecule has 3 rings (SSSR count). The summed E-state index contributed by atoms with van der Waals surface area (Å²) in [6.07, 6.45) is 2.22. The molecule has 0 radical (unpaired) electrons. The molecule has 0 aliphatic heterocycles. The number of fused-ring (bicyclic) bond motifs is 1. The predicted octanol–water partition coefficient (Wildman–Crippen LogP) is 2.68. The third-order valence-corrected chi connectivity index (χ3v) is 3.43. The highest BCUT2D eigenvalue weighted by Gasteiger charge is 2.11. The molecule has 2 heterocycles. The van der Waals surface area contributed by atoms with Crippen LogP contribution in [-0.2, 0) is 13.0 Å². The molecule has 0 saturated carbocycles. The van der Waals surface area contributed by atoms with Crippen LogP contribution in [0.25, 0.3) is 10.9 Å². The molecule has 0 fully saturated rings. The number of nitrogens with zero attached hydrogens (tertiary/aromatic N) is 4. The topological polar surface area (TPSA) is 73.8 Å². The largest absolute Gasteiger partial charge is 0.337 e. The van der Waals surface area contributed by atoms with E-state index in [9.17, 15) is 4.79 Å². The molecule has 0 atom stereocenters. The second kappa shape index (κ2) is 5.88. The van der Waals surface area contributed by atoms with Gasteiger partial charge < -0.3 is 4.52 Å². The molecule has 0 unspecified atom stereocenters. The molecule has 22 heavy (non-hydrogen) atoms. The van der Waals surface area contributed by atoms with Crippen molar-refractivity contribution in [2.24, 2.45) is 5.92 Å². The Hall–Kier alpha value is -2.21. The van der Waals surface area contributed by atoms with Crippen LogP contribution in [0.3, 0.4) is 0 Å². The van der Waals surface area contributed by atoms with E-state index in [0.29, 0.717) is 33.6 Å². The summed E-state index contributed by atoms with van der Waals surface area (Å²) >= 11 is 5.94. The number of hydrogen-bond acceptors (Lipinski definition) is 5. The molecule has 2 aromatic heterocycles. The fraction of sp³-hybridized carbons (Fsp3) is 0.333. The van der Waals surface area contributed by atoms with Crippen molar-refractivity contribution in [2.45, 2.75) is 26.8 Å². The van der Waals surface area contributed by atoms with E-state index in [4.69, 9.17) is 16.1 Å². The Morgan fingerprint density at radius 2 is 2.18 bits per heavy atom. The lowest BCUT2D eigenvalue weighted by atomic mass is 10.1. The second-order valence-electron chi connectivity index (χ2n) is 5.54. The average Bonchev–Trinajstić information content (AvgIpc) is 2.89. The standard InChI is InChI=1S/C15H15ClN4O2/c1-9(2)5-13-18-14(22-19-13)7-20-8-17-12-4-3-10(16)6-11(12)15(20)21/h3-4,6,8-9H,5,7H2,1-2H3. The summed E-state index contributed by atoms with van der Waals surface area (Å²) in [5.74, 6) is 1.48. The highest BCUT2D eigenvalue weighted by atomic mass is 35.5. The van der Waals surface area contributed by atoms with Crippen molar-refractivity contribution in [2.75, 3.05) is 0 Å². The average molecular weight is 319 g/mol. The van der Waals surface area contributed by atoms with E-state index in [1.807, 2.05) is 0 Å². The van der Waals surface area contributed by atoms with Gasteiger partial charge in [0.25, 0.3) is 5.56 Å². The molecular formula is C15H15ClN4O2. The van der Waals surface area contributed by atoms with Crippen LogP contribution in [0.1, 0.15) is 25.6 Å². The minimum Gasteiger partial charge on any atom is -0.337 e. The molecular weight excluding hydrogens is 304 g/mol. The molecule has 114 valence electrons. The van der Waals surface area contributed by atoms with E-state index in [1.54, 1.807) is 18.2 Å². The molecule has 0 N–H and O–H groups in total. The normalized spacial score (nSPS) is 11.5. The lowest BCUT2D eigenvalue weighted by Crippen LogP contribution is -2.21. The van der Waals surface area contributed by atoms with Crippen LogP contribution in [-0.4, -0.2) is 19.7 Å². The Kier molecular flexibility index (Phi) is 3.94. The zero-order chi connectivity index (χ0) is 15.7. The zero-order valence-electron chi connectivity index (χ0n) is 12.3. The molecule has 0 aliphatic carbocycles. The van der Waals surface area contributed by atoms with E-state index in [-0.39, 0.29) is 12.1 Å². The number of aromatic nitrogens is 4. The van der Waals surface area contributed by atoms with Crippen LogP contribution < -0.4 is 5.56 Å². The van der Waals surface area contributed by atoms with E-state index >= 15 is 0 Å². The maximum absolute atomic E-state index is 12.4. The summed E-state index contributed by atoms with van der Waals surface area (Å²) in [4.78, 5) is 21.0. The van der Waals surface area contributed by atoms with Crippen molar-refractivity contribution >= 4 is 22.5 Å². The summed E-state index contributed by atoms with van der Waals surface area (Å²) in [7, 11) is 0. The third kappa shape index (κ3) is 3.01. The fourth-order valence-electron chi connectivity index (χ4n) is 2.19. The van der Waals surface area contributed by atoms with Crippen molar-refractivity contribution < 1.29 is 4.52 Å². The van der Waals surface area contributed by atoms with Crippen LogP contribution in [0.4, 0.5) is 0 Å². The minimum atomic E-state index is -0.184. The summed E-state index contributed by atoms with van der Waals surface area (Å²) in [5, 5.41) is 4.89. The highest BCUT2D eigenvalue weighted by molar-refractivity contribution is 6.31. The zero-order valence-corrected chi connectivity index (χ0v) is 13.0. The SMILES string of the molecule is CC(C)Cc1noc(Cn2cnc3ccc(Cl)cc3c2=O)n1. The number of rotatable bonds is 4. The Morgan fingerprint density at radius 1 is 1.36 bits per heavy atom. The summed E-state index contributed by atoms with van der Waals surface area (Å²) in [6.45, 7) is 4.36. The van der Waals surface area contributed by atoms with Crippen LogP contribution in [0, 0.1) is 5.92 Å². The van der Waals surface area contributed by atoms with E-state index in [0.717, 1.165) is 6.42 Å². The van der Waals surface area contributed by atoms with Crippen LogP contribution in [0.15, 0.2) is 33.8 Å². The first-order chi connectivity index (χ1) is 10.5. The molecule has 0 aliphatic rings. The first kappa shape index (κ1) is 14.7. The summed E-state index contributed by atoms with van der Waals surface area (Å²) in [5.41, 5.74) is 0.424. The van der Waals surface area contributed by atoms with Crippen molar-refractivity contribution in [3.63, 3.8) is 0 Å². The van der Waals surface area contributed by atoms with Gasteiger partial charge in [-0.3, -0.25) is 9.36 Å². The monoisotopic (exact) mass is 318 g/mol. The van der Waals surface area contributed by atoms with Crippen molar-refractivity contribution in [3.8, 4) is 0 Å². The van der Waals surface area contributed by atoms with Crippen molar-refractivity contribution in [1.82, 2.24) is 19.7 Å². The molecule has 7 heteroatoms. The van der Waals surface area contributed by atoms with Gasteiger partial charge in [0.15, 0.2) is 5.82 Å². The van der Waals surface area contributed by atoms with Gasteiger partial charge in [0.2, 0.25) is 5.89 Å². The van der Waals surface area contributed by atoms with Gasteiger partial charge in [-0.25, -0.2) is 4.98 Å². The lowest BCUT2D eigenvalue weighted by molar-refractivity contribution is 0.362. The van der Waals surface area contributed by atoms with Gasteiger partial charge in [-0.05, 0) is 24.1 Å². The van der Waals surface area contributed by atoms with Gasteiger partial charge in [-0.2, -0.15) is 4.98 Å². The fourth-order valence-corrected chi connectivity index (χ4v) is 2.36. The van der Waals surface area contributed by atoms with Gasteiger partial charge in [0.1, 0.15) is 6.54 Å². The Bertz CT molecular complexity index is 869. The maximum Gasteiger partial charge on any atom is 0.261 e. The van der Waals surface area contributed by atoms with Gasteiger partial charge in [-0.1, -0.05) is 30.6 Å². The van der Waals surface area contributed by atoms with Gasteiger partial charge in [-0.15, -0.1) is 0 Å². The third-order valence-electron chi connectivity index (χ3n) is 3.19. The molecule has 1 aromatic carbocycles. The highest BCUT2D eigenvalue weighted by Crippen LogP contribution is 2.14. The summed E-state index contributed by atoms with van der Waals surface area (Å²) in [6, 6.07) is 5.04. The predicted molar refractivity (Wildman–Crippen MR) is 83.0 cm³/mol. The minimum absolute atomic E-state index is 0.184. The quantitative estimate of drug-likeness (QED) is 0.739. The van der Waals surface area contributed by atoms with Crippen molar-refractivity contribution in [1.29, 1.82) is 0 Å². The second-order valence-corrected chi connectivity index (χ2v) is 5.98. The van der Waals surface area contributed by atoms with Crippen LogP contribution >= 0.6 is 11.6 Å². The van der Waals surface area contributed by atoms with Crippen molar-refractivity contribution in [3.05, 3.63) is 51.6 Å². The van der Waals surface area contributed by atoms with Crippen LogP contribution in [0.2, 0.25) is 5.02 Å². The summed E-state index contributed by atoms with van der Waals surface area (Å²) < 4.78 is 6.62. The van der Waals surface area contributed by atoms with Crippen LogP contribution in [0.5, 0.6) is 0 Å². The van der Waals surface area contributed by atoms with Gasteiger partial charge in [0.05, 0.1) is 17.2 Å². The molecule has 0 spiro atoms. The number of halogens is 1. The van der Waals surface area contributed by atoms with Gasteiger partial charge in [0, 0.05) is 11.4 Å². The lowest BCUT2D eigenvalue weighted by Gasteiger charge is -2.03. The molecule has 0 amide bonds. The van der Waals surface area contributed by atoms with Gasteiger partial charge >= 0.3 is 0 Å². The Labute approximate surface area is 131 Å². The molecule has 0 saturated heterocycles. The Balaban J connectivity index is 1.92. The Morgan fingerprint density at radius 3 is 2.95 bits per heavy atom. The maximum atomic E-state index is 12.4.